The molecule has 174 valence electrons. The lowest BCUT2D eigenvalue weighted by atomic mass is 10.1. The fourth-order valence-corrected chi connectivity index (χ4v) is 4.33. The molecule has 0 heterocycles. The van der Waals surface area contributed by atoms with Gasteiger partial charge in [0.2, 0.25) is 10.0 Å². The molecule has 0 aromatic heterocycles. The minimum Gasteiger partial charge on any atom is -0.481 e. The van der Waals surface area contributed by atoms with Crippen molar-refractivity contribution in [1.29, 1.82) is 0 Å². The molecule has 1 atom stereocenters. The Labute approximate surface area is 193 Å². The predicted octanol–water partition coefficient (Wildman–Crippen LogP) is 2.69. The molecule has 0 aliphatic heterocycles. The van der Waals surface area contributed by atoms with E-state index in [0.29, 0.717) is 5.75 Å². The minimum absolute atomic E-state index is 0.0797. The normalized spacial score (nSPS) is 12.4. The van der Waals surface area contributed by atoms with Crippen LogP contribution >= 0.6 is 0 Å². The van der Waals surface area contributed by atoms with Crippen LogP contribution in [0.2, 0.25) is 0 Å². The highest BCUT2D eigenvalue weighted by atomic mass is 32.2. The Morgan fingerprint density at radius 3 is 2.39 bits per heavy atom. The summed E-state index contributed by atoms with van der Waals surface area (Å²) in [6, 6.07) is 17.7. The number of hydrazine groups is 1. The molecule has 33 heavy (non-hydrogen) atoms. The van der Waals surface area contributed by atoms with Crippen molar-refractivity contribution in [2.45, 2.75) is 31.8 Å². The third-order valence-electron chi connectivity index (χ3n) is 5.35. The van der Waals surface area contributed by atoms with Crippen LogP contribution in [0.1, 0.15) is 18.1 Å². The lowest BCUT2D eigenvalue weighted by molar-refractivity contribution is -0.132. The highest BCUT2D eigenvalue weighted by molar-refractivity contribution is 7.89. The van der Waals surface area contributed by atoms with E-state index < -0.39 is 34.5 Å². The summed E-state index contributed by atoms with van der Waals surface area (Å²) in [5.74, 6) is -0.677. The van der Waals surface area contributed by atoms with Crippen molar-refractivity contribution >= 4 is 32.6 Å². The first kappa shape index (κ1) is 24.2. The van der Waals surface area contributed by atoms with Crippen molar-refractivity contribution in [3.05, 3.63) is 71.8 Å². The quantitative estimate of drug-likeness (QED) is 0.518. The molecule has 9 heteroatoms. The number of nitrogens with zero attached hydrogens (tertiary/aromatic N) is 1. The number of fused-ring (bicyclic) bond motifs is 1. The van der Waals surface area contributed by atoms with Crippen LogP contribution in [0, 0.1) is 13.8 Å². The SMILES string of the molecule is Cc1cccc(OC(C)C(=O)NNC(=O)CN(C)S(=O)(=O)c2ccc3ccccc3c2)c1C. The Bertz CT molecular complexity index is 1290. The van der Waals surface area contributed by atoms with Gasteiger partial charge in [0.15, 0.2) is 6.10 Å². The maximum absolute atomic E-state index is 12.9. The third kappa shape index (κ3) is 5.68. The molecular weight excluding hydrogens is 442 g/mol. The number of rotatable bonds is 7. The van der Waals surface area contributed by atoms with Crippen molar-refractivity contribution in [3.8, 4) is 5.75 Å². The van der Waals surface area contributed by atoms with Gasteiger partial charge in [-0.2, -0.15) is 4.31 Å². The fraction of sp³-hybridized carbons (Fsp3) is 0.250. The van der Waals surface area contributed by atoms with Crippen LogP contribution in [0.3, 0.4) is 0 Å². The van der Waals surface area contributed by atoms with E-state index >= 15 is 0 Å². The van der Waals surface area contributed by atoms with E-state index in [1.54, 1.807) is 25.1 Å². The molecule has 0 fully saturated rings. The summed E-state index contributed by atoms with van der Waals surface area (Å²) in [4.78, 5) is 24.6. The summed E-state index contributed by atoms with van der Waals surface area (Å²) in [7, 11) is -2.59. The Morgan fingerprint density at radius 2 is 1.67 bits per heavy atom. The maximum Gasteiger partial charge on any atom is 0.279 e. The lowest BCUT2D eigenvalue weighted by Crippen LogP contribution is -2.50. The van der Waals surface area contributed by atoms with Gasteiger partial charge in [-0.15, -0.1) is 0 Å². The molecule has 0 spiro atoms. The van der Waals surface area contributed by atoms with Crippen molar-refractivity contribution in [1.82, 2.24) is 15.2 Å². The van der Waals surface area contributed by atoms with Gasteiger partial charge in [0.25, 0.3) is 11.8 Å². The molecule has 8 nitrogen and oxygen atoms in total. The molecule has 2 amide bonds. The summed E-state index contributed by atoms with van der Waals surface area (Å²) >= 11 is 0. The zero-order chi connectivity index (χ0) is 24.2. The number of carbonyl (C=O) groups is 2. The summed E-state index contributed by atoms with van der Waals surface area (Å²) in [6.45, 7) is 4.92. The summed E-state index contributed by atoms with van der Waals surface area (Å²) in [5, 5.41) is 1.69. The number of hydrogen-bond acceptors (Lipinski definition) is 5. The van der Waals surface area contributed by atoms with Crippen molar-refractivity contribution in [3.63, 3.8) is 0 Å². The second kappa shape index (κ2) is 10.0. The van der Waals surface area contributed by atoms with E-state index in [-0.39, 0.29) is 4.90 Å². The predicted molar refractivity (Wildman–Crippen MR) is 126 cm³/mol. The highest BCUT2D eigenvalue weighted by Crippen LogP contribution is 2.22. The minimum atomic E-state index is -3.89. The molecule has 0 aliphatic carbocycles. The molecule has 0 radical (unpaired) electrons. The lowest BCUT2D eigenvalue weighted by Gasteiger charge is -2.19. The van der Waals surface area contributed by atoms with Crippen LogP contribution in [-0.4, -0.2) is 44.2 Å². The second-order valence-corrected chi connectivity index (χ2v) is 9.81. The smallest absolute Gasteiger partial charge is 0.279 e. The van der Waals surface area contributed by atoms with E-state index in [1.807, 2.05) is 50.2 Å². The zero-order valence-electron chi connectivity index (χ0n) is 19.0. The number of sulfonamides is 1. The monoisotopic (exact) mass is 469 g/mol. The molecule has 3 rings (SSSR count). The van der Waals surface area contributed by atoms with Gasteiger partial charge in [0.05, 0.1) is 11.4 Å². The van der Waals surface area contributed by atoms with Gasteiger partial charge in [-0.1, -0.05) is 42.5 Å². The van der Waals surface area contributed by atoms with Gasteiger partial charge in [-0.25, -0.2) is 8.42 Å². The summed E-state index contributed by atoms with van der Waals surface area (Å²) in [6.07, 6.45) is -0.870. The third-order valence-corrected chi connectivity index (χ3v) is 7.15. The van der Waals surface area contributed by atoms with Gasteiger partial charge in [0, 0.05) is 7.05 Å². The second-order valence-electron chi connectivity index (χ2n) is 7.77. The average Bonchev–Trinajstić information content (AvgIpc) is 2.79. The number of likely N-dealkylation sites (N-methyl/N-ethyl adjacent to an activating group) is 1. The van der Waals surface area contributed by atoms with Crippen LogP contribution in [-0.2, 0) is 19.6 Å². The Kier molecular flexibility index (Phi) is 7.35. The molecule has 2 N–H and O–H groups in total. The van der Waals surface area contributed by atoms with E-state index in [4.69, 9.17) is 4.74 Å². The van der Waals surface area contributed by atoms with Crippen LogP contribution in [0.5, 0.6) is 5.75 Å². The standard InChI is InChI=1S/C24H27N3O5S/c1-16-8-7-11-22(17(16)2)32-18(3)24(29)26-25-23(28)15-27(4)33(30,31)21-13-12-19-9-5-6-10-20(19)14-21/h5-14,18H,15H2,1-4H3,(H,25,28)(H,26,29). The molecule has 3 aromatic carbocycles. The number of benzene rings is 3. The molecule has 3 aromatic rings. The maximum atomic E-state index is 12.9. The molecule has 0 bridgehead atoms. The zero-order valence-corrected chi connectivity index (χ0v) is 19.8. The van der Waals surface area contributed by atoms with Crippen molar-refractivity contribution in [2.24, 2.45) is 0 Å². The molecule has 0 saturated carbocycles. The summed E-state index contributed by atoms with van der Waals surface area (Å²) < 4.78 is 32.3. The first-order chi connectivity index (χ1) is 15.6. The first-order valence-electron chi connectivity index (χ1n) is 10.4. The van der Waals surface area contributed by atoms with Crippen molar-refractivity contribution in [2.75, 3.05) is 13.6 Å². The van der Waals surface area contributed by atoms with Gasteiger partial charge in [-0.3, -0.25) is 20.4 Å². The Hall–Kier alpha value is -3.43. The Balaban J connectivity index is 1.56. The fourth-order valence-electron chi connectivity index (χ4n) is 3.16. The summed E-state index contributed by atoms with van der Waals surface area (Å²) in [5.41, 5.74) is 6.46. The topological polar surface area (TPSA) is 105 Å². The molecule has 0 saturated heterocycles. The molecule has 0 aliphatic rings. The van der Waals surface area contributed by atoms with Crippen LogP contribution in [0.15, 0.2) is 65.6 Å². The molecule has 1 unspecified atom stereocenters. The van der Waals surface area contributed by atoms with E-state index in [2.05, 4.69) is 10.9 Å². The number of nitrogens with one attached hydrogen (secondary N) is 2. The van der Waals surface area contributed by atoms with Gasteiger partial charge in [-0.05, 0) is 60.9 Å². The van der Waals surface area contributed by atoms with Crippen LogP contribution in [0.25, 0.3) is 10.8 Å². The number of ether oxygens (including phenoxy) is 1. The number of carbonyl (C=O) groups excluding carboxylic acids is 2. The molecular formula is C24H27N3O5S. The number of hydrogen-bond donors (Lipinski definition) is 2. The Morgan fingerprint density at radius 1 is 0.970 bits per heavy atom. The van der Waals surface area contributed by atoms with Gasteiger partial charge < -0.3 is 4.74 Å². The van der Waals surface area contributed by atoms with E-state index in [9.17, 15) is 18.0 Å². The van der Waals surface area contributed by atoms with Crippen LogP contribution < -0.4 is 15.6 Å². The van der Waals surface area contributed by atoms with Gasteiger partial charge >= 0.3 is 0 Å². The van der Waals surface area contributed by atoms with E-state index in [1.165, 1.54) is 13.1 Å². The number of aryl methyl sites for hydroxylation is 1. The largest absolute Gasteiger partial charge is 0.481 e. The van der Waals surface area contributed by atoms with E-state index in [0.717, 1.165) is 26.2 Å². The highest BCUT2D eigenvalue weighted by Gasteiger charge is 2.24. The van der Waals surface area contributed by atoms with Crippen LogP contribution in [0.4, 0.5) is 0 Å². The average molecular weight is 470 g/mol. The number of amides is 2. The van der Waals surface area contributed by atoms with Gasteiger partial charge in [0.1, 0.15) is 5.75 Å². The first-order valence-corrected chi connectivity index (χ1v) is 11.8. The van der Waals surface area contributed by atoms with Crippen molar-refractivity contribution < 1.29 is 22.7 Å².